The van der Waals surface area contributed by atoms with Crippen molar-refractivity contribution in [3.63, 3.8) is 0 Å². The van der Waals surface area contributed by atoms with Gasteiger partial charge in [0.05, 0.1) is 12.6 Å². The number of hydrogen-bond donors (Lipinski definition) is 1. The van der Waals surface area contributed by atoms with Gasteiger partial charge in [0.15, 0.2) is 5.89 Å². The third-order valence-corrected chi connectivity index (χ3v) is 1.61. The van der Waals surface area contributed by atoms with Crippen molar-refractivity contribution in [1.82, 2.24) is 9.97 Å². The van der Waals surface area contributed by atoms with E-state index in [9.17, 15) is 0 Å². The molecule has 0 amide bonds. The molecule has 2 heterocycles. The van der Waals surface area contributed by atoms with Crippen LogP contribution in [0.2, 0.25) is 0 Å². The lowest BCUT2D eigenvalue weighted by molar-refractivity contribution is 0.525. The average molecular weight is 161 g/mol. The van der Waals surface area contributed by atoms with Gasteiger partial charge in [0.2, 0.25) is 0 Å². The quantitative estimate of drug-likeness (QED) is 0.745. The van der Waals surface area contributed by atoms with Crippen molar-refractivity contribution in [3.8, 4) is 0 Å². The number of nitrogens with zero attached hydrogens (tertiary/aromatic N) is 1. The van der Waals surface area contributed by atoms with Crippen molar-refractivity contribution in [3.05, 3.63) is 48.8 Å². The lowest BCUT2D eigenvalue weighted by Gasteiger charge is -1.92. The molecule has 61 valence electrons. The number of aromatic amines is 1. The van der Waals surface area contributed by atoms with Gasteiger partial charge in [0.1, 0.15) is 6.26 Å². The SMILES string of the molecule is [CH](Cc1ccc[nH]1)c1ncco1. The van der Waals surface area contributed by atoms with Crippen LogP contribution in [0.1, 0.15) is 11.6 Å². The van der Waals surface area contributed by atoms with Gasteiger partial charge in [-0.1, -0.05) is 0 Å². The Balaban J connectivity index is 1.91. The highest BCUT2D eigenvalue weighted by molar-refractivity contribution is 5.10. The van der Waals surface area contributed by atoms with Gasteiger partial charge in [-0.15, -0.1) is 0 Å². The van der Waals surface area contributed by atoms with Crippen LogP contribution in [0.25, 0.3) is 0 Å². The van der Waals surface area contributed by atoms with E-state index in [0.717, 1.165) is 12.1 Å². The zero-order valence-electron chi connectivity index (χ0n) is 6.53. The zero-order valence-corrected chi connectivity index (χ0v) is 6.53. The second kappa shape index (κ2) is 3.26. The Morgan fingerprint density at radius 3 is 3.25 bits per heavy atom. The molecule has 3 heteroatoms. The smallest absolute Gasteiger partial charge is 0.198 e. The molecular weight excluding hydrogens is 152 g/mol. The Morgan fingerprint density at radius 1 is 1.58 bits per heavy atom. The van der Waals surface area contributed by atoms with Crippen molar-refractivity contribution in [2.45, 2.75) is 6.42 Å². The number of H-pyrrole nitrogens is 1. The van der Waals surface area contributed by atoms with Gasteiger partial charge >= 0.3 is 0 Å². The molecule has 3 nitrogen and oxygen atoms in total. The fourth-order valence-electron chi connectivity index (χ4n) is 1.03. The van der Waals surface area contributed by atoms with Crippen molar-refractivity contribution < 1.29 is 4.42 Å². The van der Waals surface area contributed by atoms with E-state index < -0.39 is 0 Å². The maximum absolute atomic E-state index is 5.05. The summed E-state index contributed by atoms with van der Waals surface area (Å²) in [5.74, 6) is 0.671. The highest BCUT2D eigenvalue weighted by atomic mass is 16.3. The molecule has 0 saturated carbocycles. The maximum Gasteiger partial charge on any atom is 0.198 e. The van der Waals surface area contributed by atoms with Crippen LogP contribution in [0, 0.1) is 6.42 Å². The largest absolute Gasteiger partial charge is 0.449 e. The van der Waals surface area contributed by atoms with Gasteiger partial charge in [-0.05, 0) is 18.6 Å². The number of oxazole rings is 1. The van der Waals surface area contributed by atoms with E-state index in [1.807, 2.05) is 24.8 Å². The van der Waals surface area contributed by atoms with Crippen LogP contribution in [-0.2, 0) is 6.42 Å². The number of nitrogens with one attached hydrogen (secondary N) is 1. The lowest BCUT2D eigenvalue weighted by atomic mass is 10.2. The summed E-state index contributed by atoms with van der Waals surface area (Å²) in [7, 11) is 0. The molecule has 0 fully saturated rings. The molecule has 0 unspecified atom stereocenters. The predicted molar refractivity (Wildman–Crippen MR) is 44.4 cm³/mol. The van der Waals surface area contributed by atoms with Gasteiger partial charge < -0.3 is 9.40 Å². The van der Waals surface area contributed by atoms with Crippen molar-refractivity contribution in [2.24, 2.45) is 0 Å². The van der Waals surface area contributed by atoms with E-state index >= 15 is 0 Å². The number of rotatable bonds is 3. The van der Waals surface area contributed by atoms with Crippen LogP contribution in [0.3, 0.4) is 0 Å². The van der Waals surface area contributed by atoms with E-state index in [1.54, 1.807) is 12.5 Å². The number of aromatic nitrogens is 2. The summed E-state index contributed by atoms with van der Waals surface area (Å²) in [6.45, 7) is 0. The molecule has 12 heavy (non-hydrogen) atoms. The first kappa shape index (κ1) is 7.16. The minimum atomic E-state index is 0.671. The van der Waals surface area contributed by atoms with Gasteiger partial charge in [-0.2, -0.15) is 0 Å². The Kier molecular flexibility index (Phi) is 1.94. The molecule has 0 aliphatic carbocycles. The Morgan fingerprint density at radius 2 is 2.58 bits per heavy atom. The van der Waals surface area contributed by atoms with Crippen LogP contribution < -0.4 is 0 Å². The van der Waals surface area contributed by atoms with Crippen LogP contribution >= 0.6 is 0 Å². The molecule has 2 rings (SSSR count). The van der Waals surface area contributed by atoms with E-state index in [-0.39, 0.29) is 0 Å². The Bertz CT molecular complexity index is 276. The Labute approximate surface area is 70.4 Å². The molecule has 0 aromatic carbocycles. The van der Waals surface area contributed by atoms with Crippen molar-refractivity contribution in [2.75, 3.05) is 0 Å². The molecule has 0 spiro atoms. The van der Waals surface area contributed by atoms with Gasteiger partial charge in [0, 0.05) is 11.9 Å². The van der Waals surface area contributed by atoms with Gasteiger partial charge in [0.25, 0.3) is 0 Å². The summed E-state index contributed by atoms with van der Waals surface area (Å²) in [6.07, 6.45) is 7.87. The second-order valence-electron chi connectivity index (χ2n) is 2.47. The molecule has 0 aliphatic rings. The third-order valence-electron chi connectivity index (χ3n) is 1.61. The predicted octanol–water partition coefficient (Wildman–Crippen LogP) is 1.80. The average Bonchev–Trinajstić information content (AvgIpc) is 2.74. The molecule has 0 aliphatic heterocycles. The first-order chi connectivity index (χ1) is 5.95. The van der Waals surface area contributed by atoms with Gasteiger partial charge in [-0.3, -0.25) is 0 Å². The third kappa shape index (κ3) is 1.56. The van der Waals surface area contributed by atoms with E-state index in [2.05, 4.69) is 9.97 Å². The molecule has 2 aromatic heterocycles. The highest BCUT2D eigenvalue weighted by Gasteiger charge is 1.98. The van der Waals surface area contributed by atoms with Crippen LogP contribution in [0.5, 0.6) is 0 Å². The zero-order chi connectivity index (χ0) is 8.23. The van der Waals surface area contributed by atoms with Crippen molar-refractivity contribution >= 4 is 0 Å². The van der Waals surface area contributed by atoms with Crippen LogP contribution in [0.15, 0.2) is 35.2 Å². The second-order valence-corrected chi connectivity index (χ2v) is 2.47. The Hall–Kier alpha value is -1.51. The van der Waals surface area contributed by atoms with E-state index in [4.69, 9.17) is 4.42 Å². The summed E-state index contributed by atoms with van der Waals surface area (Å²) in [5.41, 5.74) is 1.16. The summed E-state index contributed by atoms with van der Waals surface area (Å²) in [4.78, 5) is 7.08. The monoisotopic (exact) mass is 161 g/mol. The lowest BCUT2D eigenvalue weighted by Crippen LogP contribution is -1.87. The molecule has 0 saturated heterocycles. The molecule has 0 atom stereocenters. The van der Waals surface area contributed by atoms with Gasteiger partial charge in [-0.25, -0.2) is 4.98 Å². The normalized spacial score (nSPS) is 10.3. The minimum absolute atomic E-state index is 0.671. The molecule has 1 N–H and O–H groups in total. The fraction of sp³-hybridized carbons (Fsp3) is 0.111. The summed E-state index contributed by atoms with van der Waals surface area (Å²) < 4.78 is 5.05. The van der Waals surface area contributed by atoms with Crippen LogP contribution in [-0.4, -0.2) is 9.97 Å². The molecule has 2 aromatic rings. The minimum Gasteiger partial charge on any atom is -0.449 e. The van der Waals surface area contributed by atoms with Crippen LogP contribution in [0.4, 0.5) is 0 Å². The van der Waals surface area contributed by atoms with Crippen molar-refractivity contribution in [1.29, 1.82) is 0 Å². The molecule has 1 radical (unpaired) electrons. The number of hydrogen-bond acceptors (Lipinski definition) is 2. The fourth-order valence-corrected chi connectivity index (χ4v) is 1.03. The standard InChI is InChI=1S/C9H9N2O/c1-2-8(10-5-1)3-4-9-11-6-7-12-9/h1-2,4-7,10H,3H2. The highest BCUT2D eigenvalue weighted by Crippen LogP contribution is 2.04. The molecular formula is C9H9N2O. The molecule has 0 bridgehead atoms. The maximum atomic E-state index is 5.05. The summed E-state index contributed by atoms with van der Waals surface area (Å²) >= 11 is 0. The summed E-state index contributed by atoms with van der Waals surface area (Å²) in [6, 6.07) is 4.00. The first-order valence-electron chi connectivity index (χ1n) is 3.80. The summed E-state index contributed by atoms with van der Waals surface area (Å²) in [5, 5.41) is 0. The first-order valence-corrected chi connectivity index (χ1v) is 3.80. The van der Waals surface area contributed by atoms with E-state index in [1.165, 1.54) is 0 Å². The van der Waals surface area contributed by atoms with E-state index in [0.29, 0.717) is 5.89 Å². The topological polar surface area (TPSA) is 41.8 Å².